The molecule has 1 nitrogen and oxygen atoms in total. The van der Waals surface area contributed by atoms with E-state index in [4.69, 9.17) is 4.74 Å². The molecule has 0 saturated heterocycles. The van der Waals surface area contributed by atoms with Crippen molar-refractivity contribution in [1.82, 2.24) is 0 Å². The number of hydrogen-bond donors (Lipinski definition) is 0. The van der Waals surface area contributed by atoms with Gasteiger partial charge in [-0.05, 0) is 52.8 Å². The summed E-state index contributed by atoms with van der Waals surface area (Å²) in [4.78, 5) is 0. The molecule has 0 aromatic heterocycles. The van der Waals surface area contributed by atoms with Crippen LogP contribution in [0.4, 0.5) is 0 Å². The first-order chi connectivity index (χ1) is 14.8. The van der Waals surface area contributed by atoms with E-state index in [1.807, 2.05) is 0 Å². The van der Waals surface area contributed by atoms with Crippen molar-refractivity contribution in [3.8, 4) is 16.9 Å². The van der Waals surface area contributed by atoms with Gasteiger partial charge in [-0.2, -0.15) is 0 Å². The highest BCUT2D eigenvalue weighted by atomic mass is 31.1. The molecule has 0 heterocycles. The fourth-order valence-electron chi connectivity index (χ4n) is 4.27. The zero-order valence-electron chi connectivity index (χ0n) is 17.2. The lowest BCUT2D eigenvalue weighted by atomic mass is 9.93. The fourth-order valence-corrected chi connectivity index (χ4v) is 6.04. The molecule has 0 aliphatic rings. The van der Waals surface area contributed by atoms with Crippen LogP contribution in [0.3, 0.4) is 0 Å². The van der Waals surface area contributed by atoms with Crippen molar-refractivity contribution >= 4 is 40.1 Å². The maximum Gasteiger partial charge on any atom is 0.127 e. The van der Waals surface area contributed by atoms with Crippen LogP contribution >= 0.6 is 7.92 Å². The summed E-state index contributed by atoms with van der Waals surface area (Å²) in [5.74, 6) is 0.919. The van der Waals surface area contributed by atoms with E-state index in [0.29, 0.717) is 0 Å². The molecule has 30 heavy (non-hydrogen) atoms. The van der Waals surface area contributed by atoms with Crippen LogP contribution in [0, 0.1) is 0 Å². The molecular formula is C28H23OP. The van der Waals surface area contributed by atoms with Gasteiger partial charge in [0.05, 0.1) is 7.11 Å². The smallest absolute Gasteiger partial charge is 0.127 e. The van der Waals surface area contributed by atoms with Gasteiger partial charge in [-0.25, -0.2) is 0 Å². The summed E-state index contributed by atoms with van der Waals surface area (Å²) in [6.07, 6.45) is 0. The van der Waals surface area contributed by atoms with Crippen molar-refractivity contribution in [2.75, 3.05) is 13.8 Å². The maximum absolute atomic E-state index is 5.90. The van der Waals surface area contributed by atoms with Gasteiger partial charge in [0.2, 0.25) is 0 Å². The van der Waals surface area contributed by atoms with Gasteiger partial charge in [-0.1, -0.05) is 97.1 Å². The molecule has 0 N–H and O–H groups in total. The van der Waals surface area contributed by atoms with E-state index in [-0.39, 0.29) is 0 Å². The molecule has 0 fully saturated rings. The standard InChI is InChI=1S/C28H23OP/c1-29-25-18-16-20-10-6-8-14-23(20)27(25)28-24-15-9-7-11-21(24)17-19-26(28)30(2)22-12-4-3-5-13-22/h3-19H,1-2H3/t30-/m1/s1. The zero-order chi connectivity index (χ0) is 20.5. The third-order valence-corrected chi connectivity index (χ3v) is 7.94. The number of rotatable bonds is 4. The number of ether oxygens (including phenoxy) is 1. The summed E-state index contributed by atoms with van der Waals surface area (Å²) in [5.41, 5.74) is 2.48. The quantitative estimate of drug-likeness (QED) is 0.301. The Bertz CT molecular complexity index is 1340. The normalized spacial score (nSPS) is 12.2. The minimum Gasteiger partial charge on any atom is -0.496 e. The topological polar surface area (TPSA) is 9.23 Å². The molecule has 5 rings (SSSR count). The van der Waals surface area contributed by atoms with Crippen LogP contribution in [0.1, 0.15) is 0 Å². The lowest BCUT2D eigenvalue weighted by molar-refractivity contribution is 0.417. The van der Waals surface area contributed by atoms with Gasteiger partial charge in [-0.15, -0.1) is 0 Å². The maximum atomic E-state index is 5.90. The van der Waals surface area contributed by atoms with Gasteiger partial charge in [0.1, 0.15) is 5.75 Å². The Kier molecular flexibility index (Phi) is 4.99. The molecule has 0 bridgehead atoms. The van der Waals surface area contributed by atoms with E-state index >= 15 is 0 Å². The van der Waals surface area contributed by atoms with Crippen LogP contribution in [-0.4, -0.2) is 13.8 Å². The highest BCUT2D eigenvalue weighted by Crippen LogP contribution is 2.44. The average molecular weight is 406 g/mol. The molecular weight excluding hydrogens is 383 g/mol. The molecule has 0 spiro atoms. The van der Waals surface area contributed by atoms with E-state index in [0.717, 1.165) is 5.75 Å². The van der Waals surface area contributed by atoms with E-state index in [2.05, 4.69) is 110 Å². The largest absolute Gasteiger partial charge is 0.496 e. The average Bonchev–Trinajstić information content (AvgIpc) is 2.82. The van der Waals surface area contributed by atoms with Crippen LogP contribution in [0.25, 0.3) is 32.7 Å². The molecule has 0 saturated carbocycles. The molecule has 0 aliphatic heterocycles. The number of benzene rings is 5. The Morgan fingerprint density at radius 3 is 1.80 bits per heavy atom. The molecule has 2 heteroatoms. The minimum atomic E-state index is -0.517. The van der Waals surface area contributed by atoms with E-state index < -0.39 is 7.92 Å². The molecule has 0 amide bonds. The highest BCUT2D eigenvalue weighted by Gasteiger charge is 2.21. The Hall–Kier alpha value is -3.15. The van der Waals surface area contributed by atoms with Gasteiger partial charge < -0.3 is 4.74 Å². The second kappa shape index (κ2) is 7.94. The second-order valence-corrected chi connectivity index (χ2v) is 9.56. The predicted octanol–water partition coefficient (Wildman–Crippen LogP) is 6.73. The fraction of sp³-hybridized carbons (Fsp3) is 0.0714. The Morgan fingerprint density at radius 1 is 0.567 bits per heavy atom. The predicted molar refractivity (Wildman–Crippen MR) is 132 cm³/mol. The summed E-state index contributed by atoms with van der Waals surface area (Å²) in [7, 11) is 1.25. The van der Waals surface area contributed by atoms with Gasteiger partial charge in [-0.3, -0.25) is 0 Å². The molecule has 0 radical (unpaired) electrons. The lowest BCUT2D eigenvalue weighted by Gasteiger charge is -2.22. The first-order valence-corrected chi connectivity index (χ1v) is 11.9. The summed E-state index contributed by atoms with van der Waals surface area (Å²) in [6.45, 7) is 2.36. The van der Waals surface area contributed by atoms with Crippen molar-refractivity contribution < 1.29 is 4.74 Å². The van der Waals surface area contributed by atoms with Gasteiger partial charge >= 0.3 is 0 Å². The number of methoxy groups -OCH3 is 1. The zero-order valence-corrected chi connectivity index (χ0v) is 18.1. The monoisotopic (exact) mass is 406 g/mol. The molecule has 146 valence electrons. The van der Waals surface area contributed by atoms with Crippen molar-refractivity contribution in [3.05, 3.63) is 103 Å². The SMILES string of the molecule is COc1ccc2ccccc2c1-c1c([P@](C)c2ccccc2)ccc2ccccc12. The third-order valence-electron chi connectivity index (χ3n) is 5.77. The molecule has 5 aromatic carbocycles. The lowest BCUT2D eigenvalue weighted by Crippen LogP contribution is -2.14. The number of hydrogen-bond acceptors (Lipinski definition) is 1. The number of fused-ring (bicyclic) bond motifs is 2. The summed E-state index contributed by atoms with van der Waals surface area (Å²) < 4.78 is 5.90. The van der Waals surface area contributed by atoms with Crippen LogP contribution in [0.15, 0.2) is 103 Å². The van der Waals surface area contributed by atoms with E-state index in [1.54, 1.807) is 7.11 Å². The summed E-state index contributed by atoms with van der Waals surface area (Å²) >= 11 is 0. The first kappa shape index (κ1) is 18.9. The van der Waals surface area contributed by atoms with Crippen LogP contribution < -0.4 is 15.3 Å². The van der Waals surface area contributed by atoms with Crippen molar-refractivity contribution in [2.45, 2.75) is 0 Å². The first-order valence-electron chi connectivity index (χ1n) is 10.1. The molecule has 1 atom stereocenters. The van der Waals surface area contributed by atoms with Gasteiger partial charge in [0, 0.05) is 11.1 Å². The summed E-state index contributed by atoms with van der Waals surface area (Å²) in [5, 5.41) is 7.74. The Labute approximate surface area is 178 Å². The van der Waals surface area contributed by atoms with E-state index in [9.17, 15) is 0 Å². The second-order valence-electron chi connectivity index (χ2n) is 7.44. The minimum absolute atomic E-state index is 0.517. The van der Waals surface area contributed by atoms with E-state index in [1.165, 1.54) is 43.3 Å². The Balaban J connectivity index is 1.91. The van der Waals surface area contributed by atoms with Crippen LogP contribution in [0.2, 0.25) is 0 Å². The van der Waals surface area contributed by atoms with Crippen molar-refractivity contribution in [3.63, 3.8) is 0 Å². The summed E-state index contributed by atoms with van der Waals surface area (Å²) in [6, 6.07) is 36.9. The third kappa shape index (κ3) is 3.16. The van der Waals surface area contributed by atoms with Crippen molar-refractivity contribution in [1.29, 1.82) is 0 Å². The van der Waals surface area contributed by atoms with Crippen LogP contribution in [-0.2, 0) is 0 Å². The molecule has 5 aromatic rings. The van der Waals surface area contributed by atoms with Crippen LogP contribution in [0.5, 0.6) is 5.75 Å². The highest BCUT2D eigenvalue weighted by molar-refractivity contribution is 7.72. The molecule has 0 aliphatic carbocycles. The Morgan fingerprint density at radius 2 is 1.13 bits per heavy atom. The van der Waals surface area contributed by atoms with Gasteiger partial charge in [0.25, 0.3) is 0 Å². The van der Waals surface area contributed by atoms with Gasteiger partial charge in [0.15, 0.2) is 0 Å². The molecule has 0 unspecified atom stereocenters. The van der Waals surface area contributed by atoms with Crippen molar-refractivity contribution in [2.24, 2.45) is 0 Å².